The monoisotopic (exact) mass is 475 g/mol. The number of methoxy groups -OCH3 is 1. The van der Waals surface area contributed by atoms with Crippen molar-refractivity contribution in [3.8, 4) is 0 Å². The summed E-state index contributed by atoms with van der Waals surface area (Å²) in [5.41, 5.74) is 0.486. The Morgan fingerprint density at radius 3 is 2.28 bits per heavy atom. The van der Waals surface area contributed by atoms with Gasteiger partial charge in [0.1, 0.15) is 12.3 Å². The Morgan fingerprint density at radius 2 is 1.83 bits per heavy atom. The van der Waals surface area contributed by atoms with Crippen molar-refractivity contribution in [2.75, 3.05) is 26.1 Å². The van der Waals surface area contributed by atoms with Gasteiger partial charge in [0.2, 0.25) is 5.78 Å². The Kier molecular flexibility index (Phi) is 11.7. The van der Waals surface area contributed by atoms with Crippen molar-refractivity contribution >= 4 is 27.8 Å². The van der Waals surface area contributed by atoms with Gasteiger partial charge < -0.3 is 24.4 Å². The van der Waals surface area contributed by atoms with Crippen LogP contribution in [0.25, 0.3) is 0 Å². The zero-order valence-electron chi connectivity index (χ0n) is 17.3. The number of rotatable bonds is 5. The van der Waals surface area contributed by atoms with E-state index in [1.54, 1.807) is 12.2 Å². The largest absolute Gasteiger partial charge is 0.497 e. The molecular formula is C20H30BrNO7. The molecule has 2 aliphatic heterocycles. The molecule has 0 radical (unpaired) electrons. The smallest absolute Gasteiger partial charge is 0.417 e. The predicted octanol–water partition coefficient (Wildman–Crippen LogP) is 3.02. The first kappa shape index (κ1) is 27.1. The summed E-state index contributed by atoms with van der Waals surface area (Å²) in [5, 5.41) is 16.2. The molecule has 2 rings (SSSR count). The number of aliphatic hydroxyl groups is 2. The van der Waals surface area contributed by atoms with Crippen molar-refractivity contribution in [1.82, 2.24) is 4.90 Å². The minimum atomic E-state index is -1.50. The van der Waals surface area contributed by atoms with Crippen LogP contribution in [-0.2, 0) is 19.0 Å². The summed E-state index contributed by atoms with van der Waals surface area (Å²) in [6.45, 7) is 10.3. The summed E-state index contributed by atoms with van der Waals surface area (Å²) < 4.78 is 15.7. The minimum Gasteiger partial charge on any atom is -0.497 e. The maximum atomic E-state index is 12.1. The molecule has 2 heterocycles. The fourth-order valence-electron chi connectivity index (χ4n) is 2.31. The Labute approximate surface area is 180 Å². The van der Waals surface area contributed by atoms with Gasteiger partial charge in [0.05, 0.1) is 13.7 Å². The quantitative estimate of drug-likeness (QED) is 0.272. The van der Waals surface area contributed by atoms with E-state index < -0.39 is 17.7 Å². The van der Waals surface area contributed by atoms with Crippen molar-refractivity contribution in [3.05, 3.63) is 48.9 Å². The molecule has 1 amide bonds. The minimum absolute atomic E-state index is 0.0206. The molecule has 2 aliphatic rings. The highest BCUT2D eigenvalue weighted by Crippen LogP contribution is 2.32. The lowest BCUT2D eigenvalue weighted by Crippen LogP contribution is -2.48. The first-order valence-corrected chi connectivity index (χ1v) is 10.4. The predicted molar refractivity (Wildman–Crippen MR) is 113 cm³/mol. The molecule has 0 aliphatic carbocycles. The molecule has 9 heteroatoms. The van der Waals surface area contributed by atoms with Gasteiger partial charge in [-0.25, -0.2) is 4.79 Å². The van der Waals surface area contributed by atoms with Crippen molar-refractivity contribution in [2.24, 2.45) is 0 Å². The highest BCUT2D eigenvalue weighted by molar-refractivity contribution is 9.08. The van der Waals surface area contributed by atoms with Gasteiger partial charge in [-0.2, -0.15) is 0 Å². The summed E-state index contributed by atoms with van der Waals surface area (Å²) in [4.78, 5) is 25.5. The molecule has 1 atom stereocenters. The van der Waals surface area contributed by atoms with Gasteiger partial charge in [0.15, 0.2) is 5.79 Å². The van der Waals surface area contributed by atoms with E-state index in [0.717, 1.165) is 0 Å². The number of hydrogen-bond acceptors (Lipinski definition) is 7. The summed E-state index contributed by atoms with van der Waals surface area (Å²) in [6.07, 6.45) is 6.68. The number of amides is 1. The van der Waals surface area contributed by atoms with Crippen LogP contribution in [0, 0.1) is 0 Å². The van der Waals surface area contributed by atoms with Gasteiger partial charge >= 0.3 is 6.09 Å². The van der Waals surface area contributed by atoms with E-state index in [-0.39, 0.29) is 12.3 Å². The number of ketones is 1. The maximum Gasteiger partial charge on any atom is 0.417 e. The van der Waals surface area contributed by atoms with Crippen LogP contribution in [0.3, 0.4) is 0 Å². The van der Waals surface area contributed by atoms with E-state index in [4.69, 9.17) is 24.4 Å². The van der Waals surface area contributed by atoms with Gasteiger partial charge in [-0.3, -0.25) is 9.69 Å². The summed E-state index contributed by atoms with van der Waals surface area (Å²) in [6, 6.07) is 0. The van der Waals surface area contributed by atoms with Crippen LogP contribution in [0.1, 0.15) is 26.7 Å². The van der Waals surface area contributed by atoms with Crippen LogP contribution in [0.2, 0.25) is 0 Å². The molecule has 29 heavy (non-hydrogen) atoms. The molecule has 0 bridgehead atoms. The summed E-state index contributed by atoms with van der Waals surface area (Å²) in [5.74, 6) is -0.847. The fraction of sp³-hybridized carbons (Fsp3) is 0.500. The molecule has 2 fully saturated rings. The topological polar surface area (TPSA) is 106 Å². The molecule has 0 aromatic carbocycles. The SMILES string of the molecule is C=C/C(=C\C=C(/C=C)N1C[C@]2(OCCCC2=O)OC1=O)OC.CBr.CC(C)(O)O. The van der Waals surface area contributed by atoms with Crippen LogP contribution < -0.4 is 0 Å². The van der Waals surface area contributed by atoms with Gasteiger partial charge in [0, 0.05) is 12.1 Å². The lowest BCUT2D eigenvalue weighted by Gasteiger charge is -2.29. The molecule has 0 aromatic heterocycles. The summed E-state index contributed by atoms with van der Waals surface area (Å²) in [7, 11) is 1.52. The highest BCUT2D eigenvalue weighted by atomic mass is 79.9. The van der Waals surface area contributed by atoms with E-state index >= 15 is 0 Å². The first-order valence-electron chi connectivity index (χ1n) is 8.77. The molecule has 0 saturated carbocycles. The van der Waals surface area contributed by atoms with Gasteiger partial charge in [0.25, 0.3) is 5.79 Å². The number of Topliss-reactive ketones (excluding diaryl/α,β-unsaturated/α-hetero) is 1. The molecule has 2 N–H and O–H groups in total. The molecule has 164 valence electrons. The third-order valence-corrected chi connectivity index (χ3v) is 3.52. The third kappa shape index (κ3) is 8.95. The number of halogens is 1. The average molecular weight is 476 g/mol. The number of hydrogen-bond donors (Lipinski definition) is 2. The second-order valence-corrected chi connectivity index (χ2v) is 6.35. The number of allylic oxidation sites excluding steroid dienone is 4. The lowest BCUT2D eigenvalue weighted by atomic mass is 10.0. The zero-order chi connectivity index (χ0) is 22.7. The molecule has 1 spiro atoms. The van der Waals surface area contributed by atoms with Gasteiger partial charge in [-0.1, -0.05) is 29.1 Å². The standard InChI is InChI=1S/C16H19NO5.C3H8O2.CH3Br/c1-4-12(8-9-13(5-2)20-3)17-11-16(22-15(17)19)14(18)7-6-10-21-16;1-3(2,4)5;1-2/h4-5,8-9H,1-2,6-7,10-11H2,3H3;4-5H,1-2H3;1H3/b12-8+,13-9+;;/t16-;;/m0../s1. The number of ether oxygens (including phenoxy) is 3. The lowest BCUT2D eigenvalue weighted by molar-refractivity contribution is -0.200. The molecule has 0 aromatic rings. The number of alkyl halides is 1. The van der Waals surface area contributed by atoms with Crippen LogP contribution >= 0.6 is 15.9 Å². The fourth-order valence-corrected chi connectivity index (χ4v) is 2.31. The Hall–Kier alpha value is -1.94. The van der Waals surface area contributed by atoms with Crippen LogP contribution in [0.15, 0.2) is 48.9 Å². The maximum absolute atomic E-state index is 12.1. The highest BCUT2D eigenvalue weighted by Gasteiger charge is 2.53. The number of carbonyl (C=O) groups is 2. The third-order valence-electron chi connectivity index (χ3n) is 3.52. The Bertz CT molecular complexity index is 646. The van der Waals surface area contributed by atoms with Crippen LogP contribution in [-0.4, -0.2) is 64.7 Å². The second-order valence-electron chi connectivity index (χ2n) is 6.35. The second kappa shape index (κ2) is 12.6. The van der Waals surface area contributed by atoms with Crippen LogP contribution in [0.4, 0.5) is 4.79 Å². The van der Waals surface area contributed by atoms with E-state index in [1.807, 2.05) is 5.83 Å². The van der Waals surface area contributed by atoms with Crippen molar-refractivity contribution in [2.45, 2.75) is 38.3 Å². The number of nitrogens with zero attached hydrogens (tertiary/aromatic N) is 1. The van der Waals surface area contributed by atoms with Crippen LogP contribution in [0.5, 0.6) is 0 Å². The van der Waals surface area contributed by atoms with Crippen molar-refractivity contribution in [1.29, 1.82) is 0 Å². The average Bonchev–Trinajstić information content (AvgIpc) is 2.99. The van der Waals surface area contributed by atoms with E-state index in [9.17, 15) is 9.59 Å². The van der Waals surface area contributed by atoms with E-state index in [0.29, 0.717) is 30.9 Å². The van der Waals surface area contributed by atoms with Crippen molar-refractivity contribution < 1.29 is 34.0 Å². The molecular weight excluding hydrogens is 446 g/mol. The van der Waals surface area contributed by atoms with E-state index in [1.165, 1.54) is 38.0 Å². The van der Waals surface area contributed by atoms with Gasteiger partial charge in [-0.15, -0.1) is 0 Å². The zero-order valence-corrected chi connectivity index (χ0v) is 18.9. The first-order chi connectivity index (χ1) is 13.6. The molecule has 0 unspecified atom stereocenters. The normalized spacial score (nSPS) is 22.1. The Morgan fingerprint density at radius 1 is 1.24 bits per heavy atom. The molecule has 8 nitrogen and oxygen atoms in total. The van der Waals surface area contributed by atoms with E-state index in [2.05, 4.69) is 29.1 Å². The Balaban J connectivity index is 0.000000977. The van der Waals surface area contributed by atoms with Crippen molar-refractivity contribution in [3.63, 3.8) is 0 Å². The molecule has 2 saturated heterocycles. The number of carbonyl (C=O) groups excluding carboxylic acids is 2. The summed E-state index contributed by atoms with van der Waals surface area (Å²) >= 11 is 2.94. The van der Waals surface area contributed by atoms with Gasteiger partial charge in [-0.05, 0) is 50.4 Å².